The second-order valence-corrected chi connectivity index (χ2v) is 5.65. The predicted octanol–water partition coefficient (Wildman–Crippen LogP) is 1.24. The summed E-state index contributed by atoms with van der Waals surface area (Å²) in [4.78, 5) is 20.2. The lowest BCUT2D eigenvalue weighted by molar-refractivity contribution is -0.128. The highest BCUT2D eigenvalue weighted by Gasteiger charge is 2.20. The van der Waals surface area contributed by atoms with Crippen molar-refractivity contribution >= 4 is 11.7 Å². The van der Waals surface area contributed by atoms with E-state index in [4.69, 9.17) is 0 Å². The van der Waals surface area contributed by atoms with Gasteiger partial charge in [0.2, 0.25) is 5.91 Å². The first-order valence-corrected chi connectivity index (χ1v) is 6.81. The van der Waals surface area contributed by atoms with E-state index in [9.17, 15) is 4.79 Å². The Bertz CT molecular complexity index is 588. The largest absolute Gasteiger partial charge is 0.367 e. The summed E-state index contributed by atoms with van der Waals surface area (Å²) in [6.07, 6.45) is 6.76. The van der Waals surface area contributed by atoms with E-state index in [0.717, 1.165) is 0 Å². The minimum Gasteiger partial charge on any atom is -0.367 e. The molecule has 2 aromatic heterocycles. The lowest BCUT2D eigenvalue weighted by Gasteiger charge is -2.17. The summed E-state index contributed by atoms with van der Waals surface area (Å²) in [7, 11) is 0. The molecule has 2 N–H and O–H groups in total. The molecule has 0 saturated carbocycles. The van der Waals surface area contributed by atoms with E-state index in [0.29, 0.717) is 24.7 Å². The van der Waals surface area contributed by atoms with E-state index in [1.54, 1.807) is 29.5 Å². The maximum atomic E-state index is 11.7. The third-order valence-electron chi connectivity index (χ3n) is 2.76. The first-order chi connectivity index (χ1) is 9.97. The summed E-state index contributed by atoms with van der Waals surface area (Å²) in [5, 5.41) is 10.1. The van der Waals surface area contributed by atoms with Crippen LogP contribution in [0, 0.1) is 5.41 Å². The van der Waals surface area contributed by atoms with Crippen molar-refractivity contribution in [2.24, 2.45) is 5.41 Å². The molecule has 0 unspecified atom stereocenters. The molecule has 0 spiro atoms. The van der Waals surface area contributed by atoms with Gasteiger partial charge in [0.25, 0.3) is 0 Å². The number of carbonyl (C=O) groups excluding carboxylic acids is 1. The lowest BCUT2D eigenvalue weighted by Crippen LogP contribution is -2.37. The number of rotatable bonds is 5. The molecule has 0 bridgehead atoms. The van der Waals surface area contributed by atoms with Gasteiger partial charge in [0.1, 0.15) is 5.82 Å². The minimum atomic E-state index is -0.375. The van der Waals surface area contributed by atoms with Crippen LogP contribution >= 0.6 is 0 Å². The van der Waals surface area contributed by atoms with Crippen LogP contribution in [0.15, 0.2) is 30.9 Å². The van der Waals surface area contributed by atoms with Crippen molar-refractivity contribution in [1.82, 2.24) is 25.1 Å². The first kappa shape index (κ1) is 15.0. The SMILES string of the molecule is CC(C)(C)C(=O)NCCNc1cncc(-n2cccn2)n1. The number of hydrogen-bond acceptors (Lipinski definition) is 5. The molecular formula is C14H20N6O. The predicted molar refractivity (Wildman–Crippen MR) is 80.1 cm³/mol. The smallest absolute Gasteiger partial charge is 0.225 e. The Hall–Kier alpha value is -2.44. The van der Waals surface area contributed by atoms with Gasteiger partial charge >= 0.3 is 0 Å². The van der Waals surface area contributed by atoms with Crippen LogP contribution in [0.4, 0.5) is 5.82 Å². The molecule has 0 saturated heterocycles. The highest BCUT2D eigenvalue weighted by Crippen LogP contribution is 2.12. The number of anilines is 1. The van der Waals surface area contributed by atoms with Crippen LogP contribution in [-0.4, -0.2) is 38.7 Å². The second-order valence-electron chi connectivity index (χ2n) is 5.65. The van der Waals surface area contributed by atoms with Crippen LogP contribution in [0.2, 0.25) is 0 Å². The van der Waals surface area contributed by atoms with Crippen molar-refractivity contribution in [1.29, 1.82) is 0 Å². The van der Waals surface area contributed by atoms with Crippen molar-refractivity contribution < 1.29 is 4.79 Å². The average Bonchev–Trinajstić information content (AvgIpc) is 2.97. The number of nitrogens with zero attached hydrogens (tertiary/aromatic N) is 4. The molecule has 7 heteroatoms. The number of carbonyl (C=O) groups is 1. The highest BCUT2D eigenvalue weighted by atomic mass is 16.2. The lowest BCUT2D eigenvalue weighted by atomic mass is 9.96. The van der Waals surface area contributed by atoms with Crippen LogP contribution in [0.1, 0.15) is 20.8 Å². The number of hydrogen-bond donors (Lipinski definition) is 2. The van der Waals surface area contributed by atoms with Crippen molar-refractivity contribution in [3.63, 3.8) is 0 Å². The summed E-state index contributed by atoms with van der Waals surface area (Å²) >= 11 is 0. The minimum absolute atomic E-state index is 0.0284. The van der Waals surface area contributed by atoms with Crippen molar-refractivity contribution in [2.45, 2.75) is 20.8 Å². The summed E-state index contributed by atoms with van der Waals surface area (Å²) in [5.41, 5.74) is -0.375. The Morgan fingerprint density at radius 3 is 2.76 bits per heavy atom. The Labute approximate surface area is 123 Å². The van der Waals surface area contributed by atoms with E-state index in [2.05, 4.69) is 25.7 Å². The summed E-state index contributed by atoms with van der Waals surface area (Å²) in [6, 6.07) is 1.82. The molecule has 0 radical (unpaired) electrons. The molecule has 0 fully saturated rings. The fourth-order valence-corrected chi connectivity index (χ4v) is 1.59. The van der Waals surface area contributed by atoms with Gasteiger partial charge in [-0.25, -0.2) is 9.67 Å². The fraction of sp³-hybridized carbons (Fsp3) is 0.429. The molecule has 7 nitrogen and oxygen atoms in total. The van der Waals surface area contributed by atoms with Gasteiger partial charge in [-0.05, 0) is 6.07 Å². The van der Waals surface area contributed by atoms with Gasteiger partial charge in [-0.15, -0.1) is 0 Å². The molecule has 2 heterocycles. The van der Waals surface area contributed by atoms with Crippen molar-refractivity contribution in [3.8, 4) is 5.82 Å². The monoisotopic (exact) mass is 288 g/mol. The number of amides is 1. The quantitative estimate of drug-likeness (QED) is 0.809. The van der Waals surface area contributed by atoms with Gasteiger partial charge in [0.05, 0.1) is 12.4 Å². The normalized spacial score (nSPS) is 11.2. The van der Waals surface area contributed by atoms with Crippen LogP contribution < -0.4 is 10.6 Å². The Morgan fingerprint density at radius 2 is 2.10 bits per heavy atom. The van der Waals surface area contributed by atoms with Gasteiger partial charge in [0, 0.05) is 30.9 Å². The molecule has 0 aliphatic heterocycles. The zero-order valence-electron chi connectivity index (χ0n) is 12.5. The van der Waals surface area contributed by atoms with Crippen LogP contribution in [-0.2, 0) is 4.79 Å². The Balaban J connectivity index is 1.84. The number of nitrogens with one attached hydrogen (secondary N) is 2. The first-order valence-electron chi connectivity index (χ1n) is 6.81. The summed E-state index contributed by atoms with van der Waals surface area (Å²) in [5.74, 6) is 1.32. The zero-order chi connectivity index (χ0) is 15.3. The standard InChI is InChI=1S/C14H20N6O/c1-14(2,3)13(21)17-7-6-16-11-9-15-10-12(19-11)20-8-4-5-18-20/h4-5,8-10H,6-7H2,1-3H3,(H,16,19)(H,17,21). The van der Waals surface area contributed by atoms with E-state index in [-0.39, 0.29) is 11.3 Å². The molecular weight excluding hydrogens is 268 g/mol. The van der Waals surface area contributed by atoms with E-state index >= 15 is 0 Å². The summed E-state index contributed by atoms with van der Waals surface area (Å²) < 4.78 is 1.64. The van der Waals surface area contributed by atoms with Gasteiger partial charge in [-0.2, -0.15) is 5.10 Å². The molecule has 1 amide bonds. The second kappa shape index (κ2) is 6.34. The zero-order valence-corrected chi connectivity index (χ0v) is 12.5. The third kappa shape index (κ3) is 4.27. The molecule has 112 valence electrons. The molecule has 2 rings (SSSR count). The number of aromatic nitrogens is 4. The van der Waals surface area contributed by atoms with Crippen LogP contribution in [0.5, 0.6) is 0 Å². The van der Waals surface area contributed by atoms with E-state index in [1.165, 1.54) is 0 Å². The van der Waals surface area contributed by atoms with Crippen LogP contribution in [0.25, 0.3) is 5.82 Å². The molecule has 0 atom stereocenters. The van der Waals surface area contributed by atoms with Gasteiger partial charge in [-0.3, -0.25) is 9.78 Å². The fourth-order valence-electron chi connectivity index (χ4n) is 1.59. The van der Waals surface area contributed by atoms with Gasteiger partial charge in [0.15, 0.2) is 5.82 Å². The van der Waals surface area contributed by atoms with Crippen molar-refractivity contribution in [2.75, 3.05) is 18.4 Å². The van der Waals surface area contributed by atoms with Gasteiger partial charge in [-0.1, -0.05) is 20.8 Å². The highest BCUT2D eigenvalue weighted by molar-refractivity contribution is 5.81. The average molecular weight is 288 g/mol. The van der Waals surface area contributed by atoms with Crippen LogP contribution in [0.3, 0.4) is 0 Å². The molecule has 2 aromatic rings. The molecule has 0 aliphatic carbocycles. The molecule has 21 heavy (non-hydrogen) atoms. The Morgan fingerprint density at radius 1 is 1.29 bits per heavy atom. The molecule has 0 aliphatic rings. The topological polar surface area (TPSA) is 84.7 Å². The Kier molecular flexibility index (Phi) is 4.52. The maximum absolute atomic E-state index is 11.7. The maximum Gasteiger partial charge on any atom is 0.225 e. The summed E-state index contributed by atoms with van der Waals surface area (Å²) in [6.45, 7) is 6.77. The van der Waals surface area contributed by atoms with E-state index in [1.807, 2.05) is 26.8 Å². The van der Waals surface area contributed by atoms with Crippen molar-refractivity contribution in [3.05, 3.63) is 30.9 Å². The molecule has 0 aromatic carbocycles. The van der Waals surface area contributed by atoms with E-state index < -0.39 is 0 Å². The third-order valence-corrected chi connectivity index (χ3v) is 2.76. The van der Waals surface area contributed by atoms with Gasteiger partial charge < -0.3 is 10.6 Å².